The summed E-state index contributed by atoms with van der Waals surface area (Å²) in [7, 11) is 4.01. The molecule has 5 heteroatoms. The smallest absolute Gasteiger partial charge is 0.258 e. The van der Waals surface area contributed by atoms with E-state index in [1.807, 2.05) is 56.3 Å². The van der Waals surface area contributed by atoms with Gasteiger partial charge < -0.3 is 9.88 Å². The van der Waals surface area contributed by atoms with Crippen LogP contribution in [0, 0.1) is 18.3 Å². The summed E-state index contributed by atoms with van der Waals surface area (Å²) in [5.74, 6) is 0. The highest BCUT2D eigenvalue weighted by atomic mass is 16.1. The van der Waals surface area contributed by atoms with Gasteiger partial charge in [-0.3, -0.25) is 9.20 Å². The number of nitriles is 1. The molecule has 144 valence electrons. The van der Waals surface area contributed by atoms with Gasteiger partial charge in [-0.05, 0) is 30.2 Å². The zero-order chi connectivity index (χ0) is 20.5. The van der Waals surface area contributed by atoms with E-state index in [2.05, 4.69) is 35.3 Å². The fraction of sp³-hybridized carbons (Fsp3) is 0.167. The molecule has 0 fully saturated rings. The van der Waals surface area contributed by atoms with Crippen LogP contribution in [0.1, 0.15) is 22.5 Å². The average Bonchev–Trinajstić information content (AvgIpc) is 3.02. The molecule has 0 aliphatic carbocycles. The number of aromatic nitrogens is 2. The number of fused-ring (bicyclic) bond motifs is 1. The highest BCUT2D eigenvalue weighted by molar-refractivity contribution is 5.82. The average molecular weight is 382 g/mol. The Morgan fingerprint density at radius 1 is 1.07 bits per heavy atom. The summed E-state index contributed by atoms with van der Waals surface area (Å²) in [6.45, 7) is 1.83. The van der Waals surface area contributed by atoms with Crippen LogP contribution in [0.15, 0.2) is 65.5 Å². The normalized spacial score (nSPS) is 10.8. The van der Waals surface area contributed by atoms with Crippen molar-refractivity contribution in [3.63, 3.8) is 0 Å². The van der Waals surface area contributed by atoms with Crippen LogP contribution in [0.3, 0.4) is 0 Å². The van der Waals surface area contributed by atoms with Gasteiger partial charge in [-0.25, -0.2) is 0 Å². The van der Waals surface area contributed by atoms with Gasteiger partial charge in [0, 0.05) is 49.2 Å². The van der Waals surface area contributed by atoms with Crippen LogP contribution in [0.25, 0.3) is 16.8 Å². The third-order valence-corrected chi connectivity index (χ3v) is 5.14. The van der Waals surface area contributed by atoms with Crippen molar-refractivity contribution in [2.75, 3.05) is 19.0 Å². The topological polar surface area (TPSA) is 64.3 Å². The van der Waals surface area contributed by atoms with E-state index in [4.69, 9.17) is 0 Å². The molecule has 0 bridgehead atoms. The summed E-state index contributed by atoms with van der Waals surface area (Å²) in [5, 5.41) is 9.95. The standard InChI is InChI=1S/C24H22N4O/c1-16-13-22(29)28-21(14-17-9-11-19(12-10-17)27(2)3)23(18-7-5-4-6-8-18)20(15-25)24(28)26-16/h4-13,26H,14H2,1-3H3. The molecule has 2 heterocycles. The van der Waals surface area contributed by atoms with Gasteiger partial charge in [-0.2, -0.15) is 5.26 Å². The zero-order valence-corrected chi connectivity index (χ0v) is 16.7. The van der Waals surface area contributed by atoms with E-state index in [0.29, 0.717) is 17.6 Å². The Morgan fingerprint density at radius 3 is 2.38 bits per heavy atom. The first-order valence-corrected chi connectivity index (χ1v) is 9.48. The number of aromatic amines is 1. The van der Waals surface area contributed by atoms with Gasteiger partial charge in [-0.15, -0.1) is 0 Å². The lowest BCUT2D eigenvalue weighted by molar-refractivity contribution is 0.957. The fourth-order valence-corrected chi connectivity index (χ4v) is 3.75. The minimum atomic E-state index is -0.130. The largest absolute Gasteiger partial charge is 0.378 e. The van der Waals surface area contributed by atoms with E-state index in [1.165, 1.54) is 0 Å². The Bertz CT molecular complexity index is 1270. The number of hydrogen-bond acceptors (Lipinski definition) is 3. The maximum atomic E-state index is 12.9. The molecule has 0 saturated carbocycles. The van der Waals surface area contributed by atoms with Crippen LogP contribution in [0.4, 0.5) is 5.69 Å². The SMILES string of the molecule is Cc1cc(=O)n2c(Cc3ccc(N(C)C)cc3)c(-c3ccccc3)c(C#N)c2[nH]1. The molecule has 2 aromatic carbocycles. The maximum Gasteiger partial charge on any atom is 0.258 e. The fourth-order valence-electron chi connectivity index (χ4n) is 3.75. The van der Waals surface area contributed by atoms with Crippen molar-refractivity contribution < 1.29 is 0 Å². The second kappa shape index (κ2) is 7.33. The Labute approximate surface area is 169 Å². The van der Waals surface area contributed by atoms with E-state index in [1.54, 1.807) is 10.5 Å². The molecule has 0 unspecified atom stereocenters. The Hall–Kier alpha value is -3.78. The van der Waals surface area contributed by atoms with Crippen LogP contribution in [0.2, 0.25) is 0 Å². The van der Waals surface area contributed by atoms with Crippen molar-refractivity contribution in [3.05, 3.63) is 93.5 Å². The molecule has 5 nitrogen and oxygen atoms in total. The van der Waals surface area contributed by atoms with Crippen LogP contribution in [-0.2, 0) is 6.42 Å². The van der Waals surface area contributed by atoms with Crippen molar-refractivity contribution in [1.82, 2.24) is 9.38 Å². The lowest BCUT2D eigenvalue weighted by Gasteiger charge is -2.13. The van der Waals surface area contributed by atoms with E-state index >= 15 is 0 Å². The first-order chi connectivity index (χ1) is 14.0. The molecular weight excluding hydrogens is 360 g/mol. The van der Waals surface area contributed by atoms with Crippen LogP contribution < -0.4 is 10.5 Å². The monoisotopic (exact) mass is 382 g/mol. The van der Waals surface area contributed by atoms with E-state index < -0.39 is 0 Å². The number of nitrogens with zero attached hydrogens (tertiary/aromatic N) is 3. The molecule has 2 aromatic heterocycles. The van der Waals surface area contributed by atoms with E-state index in [-0.39, 0.29) is 5.56 Å². The van der Waals surface area contributed by atoms with Crippen LogP contribution in [0.5, 0.6) is 0 Å². The minimum absolute atomic E-state index is 0.130. The highest BCUT2D eigenvalue weighted by Gasteiger charge is 2.22. The second-order valence-corrected chi connectivity index (χ2v) is 7.39. The van der Waals surface area contributed by atoms with Gasteiger partial charge in [0.25, 0.3) is 5.56 Å². The summed E-state index contributed by atoms with van der Waals surface area (Å²) < 4.78 is 1.65. The van der Waals surface area contributed by atoms with Crippen molar-refractivity contribution in [1.29, 1.82) is 5.26 Å². The number of rotatable bonds is 4. The van der Waals surface area contributed by atoms with Crippen molar-refractivity contribution in [2.45, 2.75) is 13.3 Å². The summed E-state index contributed by atoms with van der Waals surface area (Å²) >= 11 is 0. The molecule has 4 rings (SSSR count). The van der Waals surface area contributed by atoms with Gasteiger partial charge >= 0.3 is 0 Å². The predicted octanol–water partition coefficient (Wildman–Crippen LogP) is 4.13. The number of nitrogens with one attached hydrogen (secondary N) is 1. The van der Waals surface area contributed by atoms with Crippen LogP contribution in [-0.4, -0.2) is 23.5 Å². The molecular formula is C24H22N4O. The molecule has 0 radical (unpaired) electrons. The number of anilines is 1. The van der Waals surface area contributed by atoms with Gasteiger partial charge in [0.15, 0.2) is 0 Å². The van der Waals surface area contributed by atoms with Crippen LogP contribution >= 0.6 is 0 Å². The van der Waals surface area contributed by atoms with Gasteiger partial charge in [-0.1, -0.05) is 42.5 Å². The van der Waals surface area contributed by atoms with Crippen molar-refractivity contribution in [2.24, 2.45) is 0 Å². The molecule has 0 atom stereocenters. The Kier molecular flexibility index (Phi) is 4.69. The first-order valence-electron chi connectivity index (χ1n) is 9.48. The van der Waals surface area contributed by atoms with Gasteiger partial charge in [0.2, 0.25) is 0 Å². The lowest BCUT2D eigenvalue weighted by atomic mass is 9.98. The molecule has 0 aliphatic heterocycles. The van der Waals surface area contributed by atoms with Crippen molar-refractivity contribution >= 4 is 11.3 Å². The summed E-state index contributed by atoms with van der Waals surface area (Å²) in [6.07, 6.45) is 0.549. The third-order valence-electron chi connectivity index (χ3n) is 5.14. The van der Waals surface area contributed by atoms with E-state index in [0.717, 1.165) is 33.8 Å². The molecule has 0 aliphatic rings. The number of benzene rings is 2. The first kappa shape index (κ1) is 18.6. The zero-order valence-electron chi connectivity index (χ0n) is 16.7. The lowest BCUT2D eigenvalue weighted by Crippen LogP contribution is -2.16. The number of hydrogen-bond donors (Lipinski definition) is 1. The number of H-pyrrole nitrogens is 1. The highest BCUT2D eigenvalue weighted by Crippen LogP contribution is 2.33. The Balaban J connectivity index is 1.98. The van der Waals surface area contributed by atoms with Crippen molar-refractivity contribution in [3.8, 4) is 17.2 Å². The molecule has 0 amide bonds. The number of aryl methyl sites for hydroxylation is 1. The second-order valence-electron chi connectivity index (χ2n) is 7.39. The minimum Gasteiger partial charge on any atom is -0.378 e. The quantitative estimate of drug-likeness (QED) is 0.577. The molecule has 4 aromatic rings. The predicted molar refractivity (Wildman–Crippen MR) is 116 cm³/mol. The van der Waals surface area contributed by atoms with Gasteiger partial charge in [0.05, 0.1) is 0 Å². The summed E-state index contributed by atoms with van der Waals surface area (Å²) in [6, 6.07) is 21.9. The molecule has 29 heavy (non-hydrogen) atoms. The van der Waals surface area contributed by atoms with Gasteiger partial charge in [0.1, 0.15) is 17.3 Å². The third kappa shape index (κ3) is 3.30. The molecule has 0 saturated heterocycles. The maximum absolute atomic E-state index is 12.9. The summed E-state index contributed by atoms with van der Waals surface area (Å²) in [5.41, 5.74) is 6.41. The summed E-state index contributed by atoms with van der Waals surface area (Å²) in [4.78, 5) is 18.2. The van der Waals surface area contributed by atoms with E-state index in [9.17, 15) is 10.1 Å². The molecule has 1 N–H and O–H groups in total. The Morgan fingerprint density at radius 2 is 1.76 bits per heavy atom. The molecule has 0 spiro atoms.